The topological polar surface area (TPSA) is 31.2 Å². The van der Waals surface area contributed by atoms with Gasteiger partial charge in [-0.1, -0.05) is 17.7 Å². The predicted octanol–water partition coefficient (Wildman–Crippen LogP) is 2.87. The summed E-state index contributed by atoms with van der Waals surface area (Å²) in [6, 6.07) is 6.22. The van der Waals surface area contributed by atoms with E-state index in [-0.39, 0.29) is 45.1 Å². The molecule has 0 aliphatic rings. The zero-order valence-corrected chi connectivity index (χ0v) is 15.1. The Labute approximate surface area is 160 Å². The van der Waals surface area contributed by atoms with E-state index in [1.807, 2.05) is 0 Å². The van der Waals surface area contributed by atoms with Crippen LogP contribution in [-0.2, 0) is 39.3 Å². The Kier molecular flexibility index (Phi) is 7.65. The maximum absolute atomic E-state index is 14.2. The van der Waals surface area contributed by atoms with E-state index in [2.05, 4.69) is 12.0 Å². The molecule has 24 heavy (non-hydrogen) atoms. The number of alkyl halides is 2. The Morgan fingerprint density at radius 3 is 2.46 bits per heavy atom. The van der Waals surface area contributed by atoms with Gasteiger partial charge in [-0.25, -0.2) is 17.6 Å². The summed E-state index contributed by atoms with van der Waals surface area (Å²) < 4.78 is 59.0. The molecule has 0 aliphatic heterocycles. The third kappa shape index (κ3) is 4.68. The second-order valence-electron chi connectivity index (χ2n) is 4.42. The number of aromatic nitrogens is 1. The molecule has 1 aromatic carbocycles. The number of nitrogens with zero attached hydrogens (tertiary/aromatic N) is 1. The summed E-state index contributed by atoms with van der Waals surface area (Å²) in [4.78, 5) is 11.7. The molecule has 2 rings (SSSR count). The Morgan fingerprint density at radius 2 is 1.92 bits per heavy atom. The van der Waals surface area contributed by atoms with Gasteiger partial charge in [-0.3, -0.25) is 4.79 Å². The fourth-order valence-corrected chi connectivity index (χ4v) is 1.98. The van der Waals surface area contributed by atoms with Gasteiger partial charge in [0.2, 0.25) is 0 Å². The fraction of sp³-hybridized carbons (Fsp3) is 0.188. The maximum atomic E-state index is 14.2. The molecule has 0 fully saturated rings. The SMILES string of the molecule is C#CCOc1cc(F)c(-c2[c-]ccc(=O)n2CC(F)F)c(F)c1.[Y]. The normalized spacial score (nSPS) is 10.2. The van der Waals surface area contributed by atoms with Gasteiger partial charge in [-0.05, 0) is 5.56 Å². The number of hydrogen-bond acceptors (Lipinski definition) is 2. The fourth-order valence-electron chi connectivity index (χ4n) is 1.98. The molecule has 0 amide bonds. The van der Waals surface area contributed by atoms with E-state index >= 15 is 0 Å². The van der Waals surface area contributed by atoms with Crippen molar-refractivity contribution in [2.75, 3.05) is 6.61 Å². The molecule has 0 spiro atoms. The minimum Gasteiger partial charge on any atom is -0.481 e. The van der Waals surface area contributed by atoms with Gasteiger partial charge >= 0.3 is 0 Å². The number of rotatable bonds is 5. The van der Waals surface area contributed by atoms with Gasteiger partial charge in [0.25, 0.3) is 6.43 Å². The molecular weight excluding hydrogens is 403 g/mol. The molecule has 0 saturated heterocycles. The molecule has 0 N–H and O–H groups in total. The van der Waals surface area contributed by atoms with Crippen molar-refractivity contribution in [2.45, 2.75) is 13.0 Å². The van der Waals surface area contributed by atoms with Gasteiger partial charge in [0.05, 0.1) is 18.2 Å². The van der Waals surface area contributed by atoms with Crippen molar-refractivity contribution in [3.63, 3.8) is 0 Å². The van der Waals surface area contributed by atoms with Gasteiger partial charge in [0, 0.05) is 44.8 Å². The Hall–Kier alpha value is -1.65. The predicted molar refractivity (Wildman–Crippen MR) is 75.2 cm³/mol. The first-order chi connectivity index (χ1) is 10.9. The molecule has 1 aromatic heterocycles. The van der Waals surface area contributed by atoms with E-state index in [0.29, 0.717) is 4.57 Å². The minimum atomic E-state index is -2.87. The van der Waals surface area contributed by atoms with E-state index in [9.17, 15) is 22.4 Å². The maximum Gasteiger partial charge on any atom is 0.256 e. The minimum absolute atomic E-state index is 0. The summed E-state index contributed by atoms with van der Waals surface area (Å²) in [7, 11) is 0. The van der Waals surface area contributed by atoms with Gasteiger partial charge in [0.15, 0.2) is 5.56 Å². The van der Waals surface area contributed by atoms with Crippen LogP contribution in [0.3, 0.4) is 0 Å². The summed E-state index contributed by atoms with van der Waals surface area (Å²) in [5, 5.41) is 0. The van der Waals surface area contributed by atoms with Gasteiger partial charge in [-0.2, -0.15) is 12.1 Å². The van der Waals surface area contributed by atoms with Gasteiger partial charge < -0.3 is 9.30 Å². The van der Waals surface area contributed by atoms with Crippen molar-refractivity contribution in [2.24, 2.45) is 0 Å². The van der Waals surface area contributed by atoms with E-state index in [1.165, 1.54) is 0 Å². The molecule has 0 bridgehead atoms. The number of benzene rings is 1. The first-order valence-electron chi connectivity index (χ1n) is 6.39. The van der Waals surface area contributed by atoms with Crippen molar-refractivity contribution in [3.8, 4) is 29.4 Å². The summed E-state index contributed by atoms with van der Waals surface area (Å²) in [6.45, 7) is -1.19. The average Bonchev–Trinajstić information content (AvgIpc) is 2.47. The van der Waals surface area contributed by atoms with Gasteiger partial charge in [0.1, 0.15) is 12.4 Å². The van der Waals surface area contributed by atoms with E-state index in [1.54, 1.807) is 0 Å². The Balaban J connectivity index is 0.00000288. The van der Waals surface area contributed by atoms with Crippen molar-refractivity contribution >= 4 is 0 Å². The molecular formula is C16H10F4NO2Y-. The van der Waals surface area contributed by atoms with E-state index < -0.39 is 41.4 Å². The first kappa shape index (κ1) is 20.4. The van der Waals surface area contributed by atoms with Crippen LogP contribution in [0, 0.1) is 30.0 Å². The summed E-state index contributed by atoms with van der Waals surface area (Å²) >= 11 is 0. The second-order valence-corrected chi connectivity index (χ2v) is 4.42. The van der Waals surface area contributed by atoms with Crippen LogP contribution in [0.1, 0.15) is 0 Å². The number of terminal acetylenes is 1. The first-order valence-corrected chi connectivity index (χ1v) is 6.39. The number of halogens is 4. The van der Waals surface area contributed by atoms with Crippen LogP contribution in [0.2, 0.25) is 0 Å². The molecule has 0 atom stereocenters. The quantitative estimate of drug-likeness (QED) is 0.429. The Bertz CT molecular complexity index is 791. The number of pyridine rings is 1. The van der Waals surface area contributed by atoms with Crippen LogP contribution in [0.4, 0.5) is 17.6 Å². The zero-order chi connectivity index (χ0) is 17.0. The average molecular weight is 413 g/mol. The molecule has 1 radical (unpaired) electrons. The molecule has 3 nitrogen and oxygen atoms in total. The van der Waals surface area contributed by atoms with Crippen molar-refractivity contribution in [1.29, 1.82) is 0 Å². The molecule has 123 valence electrons. The third-order valence-corrected chi connectivity index (χ3v) is 2.88. The number of hydrogen-bond donors (Lipinski definition) is 0. The van der Waals surface area contributed by atoms with Crippen LogP contribution in [0.25, 0.3) is 11.3 Å². The van der Waals surface area contributed by atoms with E-state index in [4.69, 9.17) is 11.2 Å². The Morgan fingerprint density at radius 1 is 1.29 bits per heavy atom. The van der Waals surface area contributed by atoms with E-state index in [0.717, 1.165) is 24.3 Å². The molecule has 1 heterocycles. The zero-order valence-electron chi connectivity index (χ0n) is 12.2. The number of ether oxygens (including phenoxy) is 1. The standard InChI is InChI=1S/C16H10F4NO2.Y/c1-2-6-23-10-7-11(17)16(12(18)8-10)13-4-3-5-15(22)21(13)9-14(19)20;/h1,3,5,7-8,14H,6,9H2;/q-1;. The van der Waals surface area contributed by atoms with Gasteiger partial charge in [-0.15, -0.1) is 6.42 Å². The molecule has 2 aromatic rings. The van der Waals surface area contributed by atoms with Crippen molar-refractivity contribution in [1.82, 2.24) is 4.57 Å². The summed E-state index contributed by atoms with van der Waals surface area (Å²) in [6.07, 6.45) is 2.11. The summed E-state index contributed by atoms with van der Waals surface area (Å²) in [5.74, 6) is -0.178. The van der Waals surface area contributed by atoms with Crippen molar-refractivity contribution < 1.29 is 55.0 Å². The summed E-state index contributed by atoms with van der Waals surface area (Å²) in [5.41, 5.74) is -1.86. The monoisotopic (exact) mass is 413 g/mol. The third-order valence-electron chi connectivity index (χ3n) is 2.88. The van der Waals surface area contributed by atoms with Crippen LogP contribution >= 0.6 is 0 Å². The molecule has 8 heteroatoms. The van der Waals surface area contributed by atoms with Crippen molar-refractivity contribution in [3.05, 3.63) is 52.3 Å². The molecule has 0 unspecified atom stereocenters. The van der Waals surface area contributed by atoms with Crippen LogP contribution in [0.15, 0.2) is 29.1 Å². The smallest absolute Gasteiger partial charge is 0.256 e. The van der Waals surface area contributed by atoms with Crippen LogP contribution in [0.5, 0.6) is 5.75 Å². The van der Waals surface area contributed by atoms with Crippen LogP contribution < -0.4 is 10.3 Å². The second kappa shape index (κ2) is 9.00. The largest absolute Gasteiger partial charge is 0.481 e. The molecule has 0 aliphatic carbocycles. The molecule has 0 saturated carbocycles. The van der Waals surface area contributed by atoms with Crippen LogP contribution in [-0.4, -0.2) is 17.6 Å².